The quantitative estimate of drug-likeness (QED) is 0.358. The van der Waals surface area contributed by atoms with Gasteiger partial charge >= 0.3 is 0 Å². The Balaban J connectivity index is 1.92. The summed E-state index contributed by atoms with van der Waals surface area (Å²) in [4.78, 5) is 4.96. The van der Waals surface area contributed by atoms with Crippen molar-refractivity contribution in [1.82, 2.24) is 9.62 Å². The number of hydrogen-bond donors (Lipinski definition) is 0. The van der Waals surface area contributed by atoms with Crippen molar-refractivity contribution >= 4 is 38.7 Å². The third kappa shape index (κ3) is 5.11. The number of rotatable bonds is 9. The van der Waals surface area contributed by atoms with Gasteiger partial charge in [0.2, 0.25) is 0 Å². The van der Waals surface area contributed by atoms with Gasteiger partial charge in [0, 0.05) is 0 Å². The third-order valence-electron chi connectivity index (χ3n) is 6.08. The standard InChI is InChI=1S/C26H32B2N2P2/c1-29(2)27(23-15-11-12-16-23)31(25-19-7-5-8-20-25)32(26-21-9-6-10-22-26)28(30(3)4)24-17-13-14-18-24/h5-24H,1-4H3. The molecule has 0 spiro atoms. The molecule has 6 heteroatoms. The molecule has 2 unspecified atom stereocenters. The largest absolute Gasteiger partial charge is 0.342 e. The smallest absolute Gasteiger partial charge is 0.272 e. The number of allylic oxidation sites excluding steroid dienone is 8. The fourth-order valence-corrected chi connectivity index (χ4v) is 15.2. The summed E-state index contributed by atoms with van der Waals surface area (Å²) in [5.41, 5.74) is 0. The van der Waals surface area contributed by atoms with Crippen molar-refractivity contribution in [2.24, 2.45) is 0 Å². The van der Waals surface area contributed by atoms with E-state index in [9.17, 15) is 0 Å². The van der Waals surface area contributed by atoms with E-state index >= 15 is 0 Å². The van der Waals surface area contributed by atoms with E-state index in [0.717, 1.165) is 0 Å². The van der Waals surface area contributed by atoms with Crippen LogP contribution in [0.15, 0.2) is 109 Å². The van der Waals surface area contributed by atoms with E-state index in [2.05, 4.69) is 147 Å². The summed E-state index contributed by atoms with van der Waals surface area (Å²) in [6.07, 6.45) is 18.4. The van der Waals surface area contributed by atoms with Gasteiger partial charge in [-0.1, -0.05) is 124 Å². The maximum Gasteiger partial charge on any atom is 0.272 e. The molecule has 2 atom stereocenters. The molecular formula is C26H32B2N2P2. The summed E-state index contributed by atoms with van der Waals surface area (Å²) in [6.45, 7) is 0.871. The van der Waals surface area contributed by atoms with Crippen LogP contribution in [-0.2, 0) is 0 Å². The molecular weight excluding hydrogens is 424 g/mol. The molecule has 0 saturated carbocycles. The summed E-state index contributed by atoms with van der Waals surface area (Å²) >= 11 is 0. The fourth-order valence-electron chi connectivity index (χ4n) is 4.72. The third-order valence-corrected chi connectivity index (χ3v) is 15.0. The lowest BCUT2D eigenvalue weighted by atomic mass is 9.73. The SMILES string of the molecule is CN(C)B(C1C=CC=C1)P(c1ccccc1)P(B(C1C=CC=C1)N(C)C)c1ccccc1. The molecule has 0 saturated heterocycles. The highest BCUT2D eigenvalue weighted by Gasteiger charge is 2.46. The van der Waals surface area contributed by atoms with E-state index in [4.69, 9.17) is 0 Å². The van der Waals surface area contributed by atoms with Crippen LogP contribution >= 0.6 is 15.0 Å². The van der Waals surface area contributed by atoms with E-state index in [1.54, 1.807) is 0 Å². The highest BCUT2D eigenvalue weighted by molar-refractivity contribution is 8.56. The lowest BCUT2D eigenvalue weighted by Gasteiger charge is -2.43. The van der Waals surface area contributed by atoms with E-state index in [0.29, 0.717) is 24.8 Å². The number of benzene rings is 2. The van der Waals surface area contributed by atoms with Crippen LogP contribution in [0.3, 0.4) is 0 Å². The van der Waals surface area contributed by atoms with Gasteiger partial charge in [0.1, 0.15) is 0 Å². The van der Waals surface area contributed by atoms with Gasteiger partial charge in [-0.25, -0.2) is 0 Å². The maximum absolute atomic E-state index is 2.48. The Morgan fingerprint density at radius 2 is 0.844 bits per heavy atom. The monoisotopic (exact) mass is 456 g/mol. The van der Waals surface area contributed by atoms with Crippen LogP contribution in [0.1, 0.15) is 0 Å². The highest BCUT2D eigenvalue weighted by atomic mass is 32.1. The average Bonchev–Trinajstić information content (AvgIpc) is 3.51. The van der Waals surface area contributed by atoms with E-state index in [1.165, 1.54) is 10.6 Å². The Kier molecular flexibility index (Phi) is 8.03. The van der Waals surface area contributed by atoms with E-state index in [1.807, 2.05) is 0 Å². The van der Waals surface area contributed by atoms with Crippen LogP contribution in [0.2, 0.25) is 11.6 Å². The predicted octanol–water partition coefficient (Wildman–Crippen LogP) is 5.61. The Morgan fingerprint density at radius 1 is 0.531 bits per heavy atom. The van der Waals surface area contributed by atoms with Crippen molar-refractivity contribution in [2.45, 2.75) is 11.6 Å². The molecule has 2 aliphatic rings. The first kappa shape index (κ1) is 23.5. The zero-order valence-corrected chi connectivity index (χ0v) is 21.3. The highest BCUT2D eigenvalue weighted by Crippen LogP contribution is 2.73. The van der Waals surface area contributed by atoms with Crippen LogP contribution in [-0.4, -0.2) is 50.9 Å². The molecule has 2 aromatic rings. The number of hydrogen-bond acceptors (Lipinski definition) is 2. The van der Waals surface area contributed by atoms with Crippen molar-refractivity contribution < 1.29 is 0 Å². The van der Waals surface area contributed by atoms with E-state index in [-0.39, 0.29) is 0 Å². The second-order valence-corrected chi connectivity index (χ2v) is 14.9. The summed E-state index contributed by atoms with van der Waals surface area (Å²) in [6, 6.07) is 22.7. The molecule has 0 radical (unpaired) electrons. The van der Waals surface area contributed by atoms with Crippen LogP contribution in [0, 0.1) is 0 Å². The van der Waals surface area contributed by atoms with Crippen LogP contribution in [0.5, 0.6) is 0 Å². The molecule has 0 fully saturated rings. The first-order valence-corrected chi connectivity index (χ1v) is 14.8. The summed E-state index contributed by atoms with van der Waals surface area (Å²) in [5, 5.41) is 3.00. The normalized spacial score (nSPS) is 17.6. The van der Waals surface area contributed by atoms with Crippen molar-refractivity contribution in [2.75, 3.05) is 28.2 Å². The molecule has 0 bridgehead atoms. The molecule has 0 N–H and O–H groups in total. The second kappa shape index (κ2) is 11.0. The fraction of sp³-hybridized carbons (Fsp3) is 0.231. The summed E-state index contributed by atoms with van der Waals surface area (Å²) in [5.74, 6) is 0.866. The lowest BCUT2D eigenvalue weighted by molar-refractivity contribution is 0.648. The maximum atomic E-state index is 2.48. The van der Waals surface area contributed by atoms with E-state index < -0.39 is 15.0 Å². The van der Waals surface area contributed by atoms with Gasteiger partial charge in [-0.3, -0.25) is 0 Å². The van der Waals surface area contributed by atoms with Gasteiger partial charge in [0.05, 0.1) is 0 Å². The molecule has 2 aliphatic carbocycles. The molecule has 0 amide bonds. The minimum atomic E-state index is -0.519. The molecule has 162 valence electrons. The van der Waals surface area contributed by atoms with Gasteiger partial charge in [-0.2, -0.15) is 0 Å². The van der Waals surface area contributed by atoms with Gasteiger partial charge in [-0.15, -0.1) is 0 Å². The zero-order chi connectivity index (χ0) is 22.5. The van der Waals surface area contributed by atoms with Crippen LogP contribution in [0.25, 0.3) is 0 Å². The number of nitrogens with zero attached hydrogens (tertiary/aromatic N) is 2. The Hall–Kier alpha value is -1.69. The van der Waals surface area contributed by atoms with Crippen molar-refractivity contribution in [3.05, 3.63) is 109 Å². The average molecular weight is 456 g/mol. The first-order valence-electron chi connectivity index (χ1n) is 11.3. The van der Waals surface area contributed by atoms with Gasteiger partial charge in [0.15, 0.2) is 0 Å². The molecule has 2 nitrogen and oxygen atoms in total. The molecule has 4 rings (SSSR count). The van der Waals surface area contributed by atoms with Gasteiger partial charge in [-0.05, 0) is 50.4 Å². The lowest BCUT2D eigenvalue weighted by Crippen LogP contribution is -2.42. The Bertz CT molecular complexity index is 884. The van der Waals surface area contributed by atoms with Crippen molar-refractivity contribution in [3.63, 3.8) is 0 Å². The molecule has 32 heavy (non-hydrogen) atoms. The minimum absolute atomic E-state index is 0.433. The van der Waals surface area contributed by atoms with Crippen LogP contribution in [0.4, 0.5) is 0 Å². The van der Waals surface area contributed by atoms with Crippen molar-refractivity contribution in [1.29, 1.82) is 0 Å². The zero-order valence-electron chi connectivity index (χ0n) is 19.5. The molecule has 2 aromatic carbocycles. The Labute approximate surface area is 197 Å². The first-order chi connectivity index (χ1) is 15.6. The summed E-state index contributed by atoms with van der Waals surface area (Å²) in [7, 11) is 8.02. The second-order valence-electron chi connectivity index (χ2n) is 8.81. The Morgan fingerprint density at radius 3 is 1.12 bits per heavy atom. The van der Waals surface area contributed by atoms with Gasteiger partial charge < -0.3 is 9.62 Å². The molecule has 0 heterocycles. The summed E-state index contributed by atoms with van der Waals surface area (Å²) < 4.78 is 0. The predicted molar refractivity (Wildman–Crippen MR) is 149 cm³/mol. The topological polar surface area (TPSA) is 6.48 Å². The van der Waals surface area contributed by atoms with Crippen molar-refractivity contribution in [3.8, 4) is 0 Å². The minimum Gasteiger partial charge on any atom is -0.342 e. The molecule has 0 aliphatic heterocycles. The van der Waals surface area contributed by atoms with Gasteiger partial charge in [0.25, 0.3) is 13.1 Å². The van der Waals surface area contributed by atoms with Crippen LogP contribution < -0.4 is 10.6 Å². The molecule has 0 aromatic heterocycles.